The average Bonchev–Trinajstić information content (AvgIpc) is 2.89. The first-order valence-electron chi connectivity index (χ1n) is 10.9. The highest BCUT2D eigenvalue weighted by Crippen LogP contribution is 2.40. The second-order valence-electron chi connectivity index (χ2n) is 7.87. The van der Waals surface area contributed by atoms with Crippen LogP contribution in [0.4, 0.5) is 0 Å². The van der Waals surface area contributed by atoms with Gasteiger partial charge in [-0.25, -0.2) is 4.79 Å². The second kappa shape index (κ2) is 10.0. The molecule has 1 unspecified atom stereocenters. The predicted molar refractivity (Wildman–Crippen MR) is 131 cm³/mol. The van der Waals surface area contributed by atoms with Crippen LogP contribution in [0, 0.1) is 0 Å². The maximum Gasteiger partial charge on any atom is 0.330 e. The van der Waals surface area contributed by atoms with Crippen molar-refractivity contribution in [2.24, 2.45) is 0 Å². The molecule has 5 heteroatoms. The third kappa shape index (κ3) is 4.28. The Bertz CT molecular complexity index is 1140. The number of hydrogen-bond donors (Lipinski definition) is 2. The monoisotopic (exact) mass is 451 g/mol. The van der Waals surface area contributed by atoms with E-state index < -0.39 is 23.3 Å². The number of nitrogens with one attached hydrogen (secondary N) is 1. The van der Waals surface area contributed by atoms with Gasteiger partial charge in [-0.15, -0.1) is 0 Å². The van der Waals surface area contributed by atoms with Gasteiger partial charge in [-0.05, 0) is 34.4 Å². The van der Waals surface area contributed by atoms with Crippen molar-refractivity contribution in [2.75, 3.05) is 7.11 Å². The van der Waals surface area contributed by atoms with E-state index in [2.05, 4.69) is 5.32 Å². The predicted octanol–water partition coefficient (Wildman–Crippen LogP) is 4.97. The second-order valence-corrected chi connectivity index (χ2v) is 7.87. The van der Waals surface area contributed by atoms with Crippen molar-refractivity contribution in [3.05, 3.63) is 138 Å². The standard InChI is InChI=1S/C29H25NO4/c1-34-25-19-17-21(18-20-25)26(27(31)32)30-28(33)29(22-11-5-2-6-12-22,23-13-7-3-8-14-23)24-15-9-4-10-16-24/h2-20,26H,1H3,(H,30,33)(H,31,32). The summed E-state index contributed by atoms with van der Waals surface area (Å²) in [6.45, 7) is 0. The van der Waals surface area contributed by atoms with E-state index in [1.54, 1.807) is 31.4 Å². The lowest BCUT2D eigenvalue weighted by Gasteiger charge is -2.35. The molecule has 0 spiro atoms. The molecule has 0 saturated heterocycles. The normalized spacial score (nSPS) is 11.9. The van der Waals surface area contributed by atoms with Crippen molar-refractivity contribution in [2.45, 2.75) is 11.5 Å². The molecular formula is C29H25NO4. The van der Waals surface area contributed by atoms with Crippen LogP contribution in [0.2, 0.25) is 0 Å². The van der Waals surface area contributed by atoms with Crippen LogP contribution in [0.25, 0.3) is 0 Å². The van der Waals surface area contributed by atoms with E-state index in [-0.39, 0.29) is 0 Å². The number of benzene rings is 4. The van der Waals surface area contributed by atoms with Gasteiger partial charge in [-0.3, -0.25) is 4.79 Å². The van der Waals surface area contributed by atoms with E-state index in [1.807, 2.05) is 91.0 Å². The van der Waals surface area contributed by atoms with E-state index in [0.29, 0.717) is 11.3 Å². The van der Waals surface area contributed by atoms with E-state index in [4.69, 9.17) is 4.74 Å². The molecule has 1 atom stereocenters. The number of carbonyl (C=O) groups is 2. The SMILES string of the molecule is COc1ccc(C(NC(=O)C(c2ccccc2)(c2ccccc2)c2ccccc2)C(=O)O)cc1. The summed E-state index contributed by atoms with van der Waals surface area (Å²) in [7, 11) is 1.54. The van der Waals surface area contributed by atoms with E-state index >= 15 is 0 Å². The molecule has 4 rings (SSSR count). The number of amides is 1. The Balaban J connectivity index is 1.89. The maximum atomic E-state index is 14.3. The van der Waals surface area contributed by atoms with Crippen molar-refractivity contribution in [3.63, 3.8) is 0 Å². The van der Waals surface area contributed by atoms with Gasteiger partial charge >= 0.3 is 5.97 Å². The summed E-state index contributed by atoms with van der Waals surface area (Å²) in [5.74, 6) is -0.979. The van der Waals surface area contributed by atoms with Crippen LogP contribution in [0.5, 0.6) is 5.75 Å². The zero-order chi connectivity index (χ0) is 24.0. The molecule has 0 heterocycles. The molecule has 4 aromatic rings. The van der Waals surface area contributed by atoms with Gasteiger partial charge in [0.1, 0.15) is 11.2 Å². The largest absolute Gasteiger partial charge is 0.497 e. The lowest BCUT2D eigenvalue weighted by atomic mass is 9.68. The summed E-state index contributed by atoms with van der Waals surface area (Å²) < 4.78 is 5.18. The topological polar surface area (TPSA) is 75.6 Å². The molecule has 4 aromatic carbocycles. The Hall–Kier alpha value is -4.38. The van der Waals surface area contributed by atoms with Gasteiger partial charge in [0, 0.05) is 0 Å². The molecule has 0 fully saturated rings. The molecule has 2 N–H and O–H groups in total. The Morgan fingerprint density at radius 3 is 1.47 bits per heavy atom. The lowest BCUT2D eigenvalue weighted by Crippen LogP contribution is -2.48. The fraction of sp³-hybridized carbons (Fsp3) is 0.103. The highest BCUT2D eigenvalue weighted by molar-refractivity contribution is 5.98. The molecule has 0 aliphatic heterocycles. The number of methoxy groups -OCH3 is 1. The molecule has 170 valence electrons. The molecule has 5 nitrogen and oxygen atoms in total. The first kappa shape index (κ1) is 22.8. The van der Waals surface area contributed by atoms with E-state index in [0.717, 1.165) is 16.7 Å². The van der Waals surface area contributed by atoms with E-state index in [1.165, 1.54) is 0 Å². The summed E-state index contributed by atoms with van der Waals surface area (Å²) in [5.41, 5.74) is 1.41. The third-order valence-electron chi connectivity index (χ3n) is 5.93. The van der Waals surface area contributed by atoms with Crippen LogP contribution in [0.3, 0.4) is 0 Å². The average molecular weight is 452 g/mol. The number of aliphatic carboxylic acids is 1. The Morgan fingerprint density at radius 2 is 1.12 bits per heavy atom. The van der Waals surface area contributed by atoms with Crippen molar-refractivity contribution in [1.82, 2.24) is 5.32 Å². The lowest BCUT2D eigenvalue weighted by molar-refractivity contribution is -0.142. The van der Waals surface area contributed by atoms with Crippen LogP contribution in [0.15, 0.2) is 115 Å². The number of carboxylic acid groups (broad SMARTS) is 1. The molecule has 0 aliphatic rings. The first-order chi connectivity index (χ1) is 16.6. The minimum absolute atomic E-state index is 0.431. The van der Waals surface area contributed by atoms with Gasteiger partial charge in [-0.1, -0.05) is 103 Å². The number of ether oxygens (including phenoxy) is 1. The summed E-state index contributed by atoms with van der Waals surface area (Å²) in [6.07, 6.45) is 0. The van der Waals surface area contributed by atoms with Gasteiger partial charge in [0.05, 0.1) is 7.11 Å². The molecule has 0 radical (unpaired) electrons. The highest BCUT2D eigenvalue weighted by Gasteiger charge is 2.45. The maximum absolute atomic E-state index is 14.3. The van der Waals surface area contributed by atoms with Gasteiger partial charge in [0.25, 0.3) is 0 Å². The van der Waals surface area contributed by atoms with Gasteiger partial charge < -0.3 is 15.2 Å². The Kier molecular flexibility index (Phi) is 6.74. The minimum Gasteiger partial charge on any atom is -0.497 e. The van der Waals surface area contributed by atoms with Crippen molar-refractivity contribution >= 4 is 11.9 Å². The van der Waals surface area contributed by atoms with E-state index in [9.17, 15) is 14.7 Å². The Morgan fingerprint density at radius 1 is 0.706 bits per heavy atom. The van der Waals surface area contributed by atoms with Gasteiger partial charge in [0.15, 0.2) is 6.04 Å². The minimum atomic E-state index is -1.26. The van der Waals surface area contributed by atoms with Crippen molar-refractivity contribution in [3.8, 4) is 5.75 Å². The van der Waals surface area contributed by atoms with Crippen LogP contribution in [-0.4, -0.2) is 24.1 Å². The number of carbonyl (C=O) groups excluding carboxylic acids is 1. The summed E-state index contributed by atoms with van der Waals surface area (Å²) in [5, 5.41) is 12.9. The van der Waals surface area contributed by atoms with Crippen LogP contribution >= 0.6 is 0 Å². The number of carboxylic acids is 1. The summed E-state index contributed by atoms with van der Waals surface area (Å²) >= 11 is 0. The van der Waals surface area contributed by atoms with Crippen molar-refractivity contribution < 1.29 is 19.4 Å². The molecule has 0 bridgehead atoms. The van der Waals surface area contributed by atoms with Gasteiger partial charge in [-0.2, -0.15) is 0 Å². The van der Waals surface area contributed by atoms with Crippen LogP contribution in [0.1, 0.15) is 28.3 Å². The number of hydrogen-bond acceptors (Lipinski definition) is 3. The molecule has 1 amide bonds. The quantitative estimate of drug-likeness (QED) is 0.371. The molecule has 34 heavy (non-hydrogen) atoms. The Labute approximate surface area is 198 Å². The zero-order valence-corrected chi connectivity index (χ0v) is 18.7. The van der Waals surface area contributed by atoms with Crippen molar-refractivity contribution in [1.29, 1.82) is 0 Å². The molecular weight excluding hydrogens is 426 g/mol. The smallest absolute Gasteiger partial charge is 0.330 e. The molecule has 0 saturated carbocycles. The summed E-state index contributed by atoms with van der Waals surface area (Å²) in [4.78, 5) is 26.6. The fourth-order valence-corrected chi connectivity index (χ4v) is 4.28. The molecule has 0 aliphatic carbocycles. The van der Waals surface area contributed by atoms with Gasteiger partial charge in [0.2, 0.25) is 5.91 Å². The van der Waals surface area contributed by atoms with Crippen LogP contribution in [-0.2, 0) is 15.0 Å². The molecule has 0 aromatic heterocycles. The summed E-state index contributed by atoms with van der Waals surface area (Å²) in [6, 6.07) is 33.7. The number of rotatable bonds is 8. The third-order valence-corrected chi connectivity index (χ3v) is 5.93. The van der Waals surface area contributed by atoms with Crippen LogP contribution < -0.4 is 10.1 Å². The zero-order valence-electron chi connectivity index (χ0n) is 18.7. The fourth-order valence-electron chi connectivity index (χ4n) is 4.28. The first-order valence-corrected chi connectivity index (χ1v) is 10.9. The highest BCUT2D eigenvalue weighted by atomic mass is 16.5.